The van der Waals surface area contributed by atoms with Crippen LogP contribution < -0.4 is 11.1 Å². The largest absolute Gasteiger partial charge is 0.398 e. The highest BCUT2D eigenvalue weighted by molar-refractivity contribution is 6.00. The van der Waals surface area contributed by atoms with E-state index in [1.807, 2.05) is 24.3 Å². The number of nitrogens with zero attached hydrogens (tertiary/aromatic N) is 1. The number of fused-ring (bicyclic) bond motifs is 1. The third-order valence-electron chi connectivity index (χ3n) is 2.77. The summed E-state index contributed by atoms with van der Waals surface area (Å²) in [4.78, 5) is 4.11. The van der Waals surface area contributed by atoms with Gasteiger partial charge in [0.1, 0.15) is 0 Å². The quantitative estimate of drug-likeness (QED) is 0.623. The van der Waals surface area contributed by atoms with Crippen LogP contribution in [-0.4, -0.2) is 11.0 Å². The lowest BCUT2D eigenvalue weighted by molar-refractivity contribution is 0.815. The van der Waals surface area contributed by atoms with Crippen LogP contribution in [0, 0.1) is 0 Å². The molecule has 0 saturated carbocycles. The fourth-order valence-electron chi connectivity index (χ4n) is 1.91. The van der Waals surface area contributed by atoms with Crippen LogP contribution in [0.25, 0.3) is 10.8 Å². The number of nitrogens with two attached hydrogens (primary N) is 1. The molecular weight excluding hydrogens is 210 g/mol. The number of nitrogen functional groups attached to an aromatic ring is 1. The van der Waals surface area contributed by atoms with E-state index < -0.39 is 0 Å². The van der Waals surface area contributed by atoms with Crippen LogP contribution in [0.3, 0.4) is 0 Å². The molecule has 1 aromatic carbocycles. The molecule has 0 aliphatic carbocycles. The maximum atomic E-state index is 5.93. The van der Waals surface area contributed by atoms with Crippen molar-refractivity contribution in [2.75, 3.05) is 11.1 Å². The molecule has 0 aliphatic rings. The van der Waals surface area contributed by atoms with Crippen molar-refractivity contribution in [2.24, 2.45) is 0 Å². The van der Waals surface area contributed by atoms with Crippen molar-refractivity contribution < 1.29 is 0 Å². The summed E-state index contributed by atoms with van der Waals surface area (Å²) in [6.45, 7) is 5.88. The molecule has 0 saturated heterocycles. The van der Waals surface area contributed by atoms with Gasteiger partial charge in [0.25, 0.3) is 0 Å². The zero-order valence-electron chi connectivity index (χ0n) is 9.98. The van der Waals surface area contributed by atoms with Crippen molar-refractivity contribution in [3.8, 4) is 0 Å². The maximum Gasteiger partial charge on any atom is 0.0424 e. The Morgan fingerprint density at radius 2 is 2.24 bits per heavy atom. The lowest BCUT2D eigenvalue weighted by atomic mass is 10.1. The fraction of sp³-hybridized carbons (Fsp3) is 0.214. The number of aromatic nitrogens is 1. The molecule has 0 aliphatic heterocycles. The minimum Gasteiger partial charge on any atom is -0.398 e. The lowest BCUT2D eigenvalue weighted by Crippen LogP contribution is -2.14. The van der Waals surface area contributed by atoms with Crippen molar-refractivity contribution in [1.29, 1.82) is 0 Å². The minimum absolute atomic E-state index is 0.354. The number of anilines is 2. The van der Waals surface area contributed by atoms with Gasteiger partial charge in [-0.3, -0.25) is 4.98 Å². The molecule has 0 amide bonds. The Bertz CT molecular complexity index is 534. The summed E-state index contributed by atoms with van der Waals surface area (Å²) in [5.41, 5.74) is 7.78. The Hall–Kier alpha value is -2.03. The lowest BCUT2D eigenvalue weighted by Gasteiger charge is -2.16. The standard InChI is InChI=1S/C14H17N3/c1-3-4-10(2)17-14-6-5-13(15)12-9-16-8-7-11(12)14/h3,5-10,17H,1,4,15H2,2H3. The van der Waals surface area contributed by atoms with Gasteiger partial charge in [-0.15, -0.1) is 6.58 Å². The van der Waals surface area contributed by atoms with Crippen molar-refractivity contribution in [3.63, 3.8) is 0 Å². The molecule has 0 bridgehead atoms. The maximum absolute atomic E-state index is 5.93. The predicted octanol–water partition coefficient (Wildman–Crippen LogP) is 3.19. The zero-order chi connectivity index (χ0) is 12.3. The third kappa shape index (κ3) is 2.38. The van der Waals surface area contributed by atoms with Gasteiger partial charge >= 0.3 is 0 Å². The van der Waals surface area contributed by atoms with Gasteiger partial charge in [-0.1, -0.05) is 6.08 Å². The number of hydrogen-bond acceptors (Lipinski definition) is 3. The molecule has 0 fully saturated rings. The van der Waals surface area contributed by atoms with E-state index in [1.165, 1.54) is 0 Å². The summed E-state index contributed by atoms with van der Waals surface area (Å²) < 4.78 is 0. The molecule has 0 radical (unpaired) electrons. The summed E-state index contributed by atoms with van der Waals surface area (Å²) in [6.07, 6.45) is 6.43. The topological polar surface area (TPSA) is 50.9 Å². The van der Waals surface area contributed by atoms with Gasteiger partial charge in [0.15, 0.2) is 0 Å². The Morgan fingerprint density at radius 3 is 3.00 bits per heavy atom. The SMILES string of the molecule is C=CCC(C)Nc1ccc(N)c2cnccc12. The second-order valence-corrected chi connectivity index (χ2v) is 4.19. The first-order chi connectivity index (χ1) is 8.22. The monoisotopic (exact) mass is 227 g/mol. The number of nitrogens with one attached hydrogen (secondary N) is 1. The molecule has 1 atom stereocenters. The van der Waals surface area contributed by atoms with Crippen molar-refractivity contribution in [2.45, 2.75) is 19.4 Å². The molecule has 2 rings (SSSR count). The first kappa shape index (κ1) is 11.5. The zero-order valence-corrected chi connectivity index (χ0v) is 9.98. The molecule has 0 spiro atoms. The fourth-order valence-corrected chi connectivity index (χ4v) is 1.91. The van der Waals surface area contributed by atoms with Crippen LogP contribution in [0.2, 0.25) is 0 Å². The highest BCUT2D eigenvalue weighted by Gasteiger charge is 2.06. The first-order valence-electron chi connectivity index (χ1n) is 5.72. The van der Waals surface area contributed by atoms with Crippen molar-refractivity contribution >= 4 is 22.1 Å². The van der Waals surface area contributed by atoms with E-state index in [9.17, 15) is 0 Å². The van der Waals surface area contributed by atoms with Gasteiger partial charge in [0.05, 0.1) is 0 Å². The number of pyridine rings is 1. The van der Waals surface area contributed by atoms with E-state index in [2.05, 4.69) is 23.8 Å². The second-order valence-electron chi connectivity index (χ2n) is 4.19. The van der Waals surface area contributed by atoms with E-state index in [4.69, 9.17) is 5.73 Å². The van der Waals surface area contributed by atoms with Gasteiger partial charge in [0, 0.05) is 40.6 Å². The average Bonchev–Trinajstić information content (AvgIpc) is 2.34. The van der Waals surface area contributed by atoms with E-state index in [1.54, 1.807) is 12.4 Å². The van der Waals surface area contributed by atoms with Crippen LogP contribution in [0.5, 0.6) is 0 Å². The van der Waals surface area contributed by atoms with Gasteiger partial charge in [-0.25, -0.2) is 0 Å². The predicted molar refractivity (Wildman–Crippen MR) is 74.1 cm³/mol. The minimum atomic E-state index is 0.354. The van der Waals surface area contributed by atoms with E-state index in [0.717, 1.165) is 28.6 Å². The molecule has 3 N–H and O–H groups in total. The average molecular weight is 227 g/mol. The number of benzene rings is 1. The van der Waals surface area contributed by atoms with E-state index in [0.29, 0.717) is 6.04 Å². The Kier molecular flexibility index (Phi) is 3.28. The van der Waals surface area contributed by atoms with Crippen LogP contribution in [0.4, 0.5) is 11.4 Å². The summed E-state index contributed by atoms with van der Waals surface area (Å²) in [5.74, 6) is 0. The van der Waals surface area contributed by atoms with E-state index >= 15 is 0 Å². The van der Waals surface area contributed by atoms with Crippen molar-refractivity contribution in [3.05, 3.63) is 43.2 Å². The molecule has 1 aromatic heterocycles. The Labute approximate surface area is 101 Å². The van der Waals surface area contributed by atoms with Gasteiger partial charge in [-0.2, -0.15) is 0 Å². The van der Waals surface area contributed by atoms with Gasteiger partial charge < -0.3 is 11.1 Å². The summed E-state index contributed by atoms with van der Waals surface area (Å²) >= 11 is 0. The molecule has 17 heavy (non-hydrogen) atoms. The molecule has 3 nitrogen and oxygen atoms in total. The molecule has 2 aromatic rings. The third-order valence-corrected chi connectivity index (χ3v) is 2.77. The highest BCUT2D eigenvalue weighted by atomic mass is 14.9. The van der Waals surface area contributed by atoms with Gasteiger partial charge in [0.2, 0.25) is 0 Å². The van der Waals surface area contributed by atoms with Gasteiger partial charge in [-0.05, 0) is 31.5 Å². The summed E-state index contributed by atoms with van der Waals surface area (Å²) in [7, 11) is 0. The Balaban J connectivity index is 2.41. The van der Waals surface area contributed by atoms with Crippen LogP contribution in [0.15, 0.2) is 43.2 Å². The number of rotatable bonds is 4. The Morgan fingerprint density at radius 1 is 1.41 bits per heavy atom. The van der Waals surface area contributed by atoms with Crippen LogP contribution in [0.1, 0.15) is 13.3 Å². The smallest absolute Gasteiger partial charge is 0.0424 e. The molecular formula is C14H17N3. The molecule has 1 unspecified atom stereocenters. The normalized spacial score (nSPS) is 12.3. The van der Waals surface area contributed by atoms with Crippen LogP contribution in [-0.2, 0) is 0 Å². The van der Waals surface area contributed by atoms with Crippen LogP contribution >= 0.6 is 0 Å². The first-order valence-corrected chi connectivity index (χ1v) is 5.72. The highest BCUT2D eigenvalue weighted by Crippen LogP contribution is 2.28. The summed E-state index contributed by atoms with van der Waals surface area (Å²) in [6, 6.07) is 6.26. The number of hydrogen-bond donors (Lipinski definition) is 2. The molecule has 3 heteroatoms. The molecule has 1 heterocycles. The second kappa shape index (κ2) is 4.87. The van der Waals surface area contributed by atoms with E-state index in [-0.39, 0.29) is 0 Å². The summed E-state index contributed by atoms with van der Waals surface area (Å²) in [5, 5.41) is 5.55. The van der Waals surface area contributed by atoms with Crippen molar-refractivity contribution in [1.82, 2.24) is 4.98 Å². The molecule has 88 valence electrons.